The van der Waals surface area contributed by atoms with Crippen molar-refractivity contribution in [3.8, 4) is 0 Å². The van der Waals surface area contributed by atoms with E-state index in [1.807, 2.05) is 0 Å². The number of ether oxygens (including phenoxy) is 1. The predicted molar refractivity (Wildman–Crippen MR) is 70.6 cm³/mol. The van der Waals surface area contributed by atoms with Crippen molar-refractivity contribution in [1.82, 2.24) is 0 Å². The Bertz CT molecular complexity index is 148. The van der Waals surface area contributed by atoms with Gasteiger partial charge in [0.2, 0.25) is 0 Å². The van der Waals surface area contributed by atoms with Crippen molar-refractivity contribution in [1.29, 1.82) is 0 Å². The molecule has 0 aliphatic rings. The van der Waals surface area contributed by atoms with E-state index >= 15 is 0 Å². The first-order chi connectivity index (χ1) is 8.20. The molecule has 0 amide bonds. The maximum absolute atomic E-state index is 8.78. The van der Waals surface area contributed by atoms with Gasteiger partial charge in [-0.25, -0.2) is 0 Å². The monoisotopic (exact) mass is 246 g/mol. The SMILES string of the molecule is CCCCCCCCCC(CCC)OC(O)O. The molecule has 3 heteroatoms. The molecule has 0 heterocycles. The summed E-state index contributed by atoms with van der Waals surface area (Å²) < 4.78 is 5.05. The van der Waals surface area contributed by atoms with Crippen LogP contribution in [0.4, 0.5) is 0 Å². The van der Waals surface area contributed by atoms with Crippen LogP contribution >= 0.6 is 0 Å². The summed E-state index contributed by atoms with van der Waals surface area (Å²) in [6.07, 6.45) is 11.9. The average Bonchev–Trinajstić information content (AvgIpc) is 2.27. The predicted octanol–water partition coefficient (Wildman–Crippen LogP) is 3.58. The topological polar surface area (TPSA) is 49.7 Å². The van der Waals surface area contributed by atoms with Crippen LogP contribution in [-0.2, 0) is 4.74 Å². The average molecular weight is 246 g/mol. The Hall–Kier alpha value is -0.120. The molecule has 104 valence electrons. The summed E-state index contributed by atoms with van der Waals surface area (Å²) in [6.45, 7) is 2.70. The van der Waals surface area contributed by atoms with E-state index in [0.29, 0.717) is 0 Å². The molecule has 0 fully saturated rings. The lowest BCUT2D eigenvalue weighted by atomic mass is 10.0. The van der Waals surface area contributed by atoms with Gasteiger partial charge in [0.25, 0.3) is 6.48 Å². The maximum Gasteiger partial charge on any atom is 0.266 e. The number of hydrogen-bond acceptors (Lipinski definition) is 3. The van der Waals surface area contributed by atoms with E-state index in [9.17, 15) is 0 Å². The molecule has 0 bridgehead atoms. The number of aliphatic hydroxyl groups is 2. The van der Waals surface area contributed by atoms with Crippen molar-refractivity contribution in [3.63, 3.8) is 0 Å². The summed E-state index contributed by atoms with van der Waals surface area (Å²) in [6, 6.07) is 0. The van der Waals surface area contributed by atoms with Crippen molar-refractivity contribution in [2.75, 3.05) is 0 Å². The largest absolute Gasteiger partial charge is 0.346 e. The molecule has 0 radical (unpaired) electrons. The Kier molecular flexibility index (Phi) is 12.3. The number of unbranched alkanes of at least 4 members (excludes halogenated alkanes) is 6. The molecule has 0 aliphatic heterocycles. The quantitative estimate of drug-likeness (QED) is 0.409. The number of aliphatic hydroxyl groups excluding tert-OH is 1. The van der Waals surface area contributed by atoms with Gasteiger partial charge in [-0.2, -0.15) is 0 Å². The van der Waals surface area contributed by atoms with Crippen LogP contribution < -0.4 is 0 Å². The van der Waals surface area contributed by atoms with Crippen molar-refractivity contribution >= 4 is 0 Å². The molecular weight excluding hydrogens is 216 g/mol. The lowest BCUT2D eigenvalue weighted by Crippen LogP contribution is -2.21. The normalized spacial score (nSPS) is 13.2. The van der Waals surface area contributed by atoms with Gasteiger partial charge in [-0.05, 0) is 12.8 Å². The Morgan fingerprint density at radius 3 is 1.88 bits per heavy atom. The minimum absolute atomic E-state index is 0.00985. The molecule has 0 aromatic rings. The van der Waals surface area contributed by atoms with E-state index < -0.39 is 6.48 Å². The van der Waals surface area contributed by atoms with Crippen molar-refractivity contribution in [2.45, 2.75) is 90.6 Å². The first-order valence-electron chi connectivity index (χ1n) is 7.22. The van der Waals surface area contributed by atoms with E-state index in [4.69, 9.17) is 14.9 Å². The molecule has 3 nitrogen and oxygen atoms in total. The van der Waals surface area contributed by atoms with Gasteiger partial charge in [0.1, 0.15) is 0 Å². The molecule has 0 aliphatic carbocycles. The molecule has 1 unspecified atom stereocenters. The van der Waals surface area contributed by atoms with E-state index in [-0.39, 0.29) is 6.10 Å². The Balaban J connectivity index is 3.40. The molecule has 0 spiro atoms. The van der Waals surface area contributed by atoms with Gasteiger partial charge in [-0.1, -0.05) is 65.2 Å². The van der Waals surface area contributed by atoms with E-state index in [0.717, 1.165) is 25.7 Å². The van der Waals surface area contributed by atoms with Crippen LogP contribution in [0.2, 0.25) is 0 Å². The van der Waals surface area contributed by atoms with Crippen molar-refractivity contribution in [2.24, 2.45) is 0 Å². The van der Waals surface area contributed by atoms with Crippen LogP contribution in [-0.4, -0.2) is 22.8 Å². The molecule has 0 aromatic heterocycles. The van der Waals surface area contributed by atoms with Gasteiger partial charge in [-0.3, -0.25) is 0 Å². The summed E-state index contributed by atoms with van der Waals surface area (Å²) in [5.41, 5.74) is 0. The second-order valence-corrected chi connectivity index (χ2v) is 4.78. The van der Waals surface area contributed by atoms with Crippen LogP contribution in [0, 0.1) is 0 Å². The fourth-order valence-corrected chi connectivity index (χ4v) is 2.10. The summed E-state index contributed by atoms with van der Waals surface area (Å²) in [5, 5.41) is 17.6. The zero-order valence-corrected chi connectivity index (χ0v) is 11.5. The highest BCUT2D eigenvalue weighted by atomic mass is 16.7. The highest BCUT2D eigenvalue weighted by molar-refractivity contribution is 4.58. The van der Waals surface area contributed by atoms with Crippen LogP contribution in [0.15, 0.2) is 0 Å². The van der Waals surface area contributed by atoms with Gasteiger partial charge in [0.05, 0.1) is 6.10 Å². The lowest BCUT2D eigenvalue weighted by Gasteiger charge is -2.18. The summed E-state index contributed by atoms with van der Waals surface area (Å²) >= 11 is 0. The third-order valence-electron chi connectivity index (χ3n) is 3.05. The summed E-state index contributed by atoms with van der Waals surface area (Å²) in [7, 11) is 0. The summed E-state index contributed by atoms with van der Waals surface area (Å²) in [4.78, 5) is 0. The first kappa shape index (κ1) is 16.9. The van der Waals surface area contributed by atoms with Crippen molar-refractivity contribution < 1.29 is 14.9 Å². The first-order valence-corrected chi connectivity index (χ1v) is 7.22. The number of hydrogen-bond donors (Lipinski definition) is 2. The Labute approximate surface area is 106 Å². The van der Waals surface area contributed by atoms with Crippen molar-refractivity contribution in [3.05, 3.63) is 0 Å². The molecule has 17 heavy (non-hydrogen) atoms. The molecule has 2 N–H and O–H groups in total. The van der Waals surface area contributed by atoms with Crippen LogP contribution in [0.25, 0.3) is 0 Å². The molecular formula is C14H30O3. The minimum atomic E-state index is -1.61. The van der Waals surface area contributed by atoms with Gasteiger partial charge < -0.3 is 14.9 Å². The third-order valence-corrected chi connectivity index (χ3v) is 3.05. The number of rotatable bonds is 12. The Morgan fingerprint density at radius 2 is 1.35 bits per heavy atom. The third kappa shape index (κ3) is 12.1. The van der Waals surface area contributed by atoms with Gasteiger partial charge >= 0.3 is 0 Å². The highest BCUT2D eigenvalue weighted by Crippen LogP contribution is 2.14. The standard InChI is InChI=1S/C14H30O3/c1-3-5-6-7-8-9-10-12-13(11-4-2)17-14(15)16/h13-16H,3-12H2,1-2H3. The second kappa shape index (κ2) is 12.3. The molecule has 0 rings (SSSR count). The second-order valence-electron chi connectivity index (χ2n) is 4.78. The lowest BCUT2D eigenvalue weighted by molar-refractivity contribution is -0.257. The smallest absolute Gasteiger partial charge is 0.266 e. The molecule has 0 saturated heterocycles. The molecule has 0 aromatic carbocycles. The van der Waals surface area contributed by atoms with Gasteiger partial charge in [-0.15, -0.1) is 0 Å². The fraction of sp³-hybridized carbons (Fsp3) is 1.00. The van der Waals surface area contributed by atoms with E-state index in [1.165, 1.54) is 38.5 Å². The Morgan fingerprint density at radius 1 is 0.765 bits per heavy atom. The maximum atomic E-state index is 8.78. The van der Waals surface area contributed by atoms with Crippen LogP contribution in [0.5, 0.6) is 0 Å². The van der Waals surface area contributed by atoms with Gasteiger partial charge in [0, 0.05) is 0 Å². The highest BCUT2D eigenvalue weighted by Gasteiger charge is 2.11. The van der Waals surface area contributed by atoms with Crippen LogP contribution in [0.1, 0.15) is 78.1 Å². The molecule has 0 saturated carbocycles. The zero-order valence-electron chi connectivity index (χ0n) is 11.5. The minimum Gasteiger partial charge on any atom is -0.346 e. The van der Waals surface area contributed by atoms with Gasteiger partial charge in [0.15, 0.2) is 0 Å². The molecule has 1 atom stereocenters. The zero-order chi connectivity index (χ0) is 12.9. The van der Waals surface area contributed by atoms with E-state index in [2.05, 4.69) is 13.8 Å². The fourth-order valence-electron chi connectivity index (χ4n) is 2.10. The van der Waals surface area contributed by atoms with E-state index in [1.54, 1.807) is 0 Å². The summed E-state index contributed by atoms with van der Waals surface area (Å²) in [5.74, 6) is 0. The van der Waals surface area contributed by atoms with Crippen LogP contribution in [0.3, 0.4) is 0 Å².